The van der Waals surface area contributed by atoms with E-state index in [1.54, 1.807) is 6.07 Å². The number of benzene rings is 1. The van der Waals surface area contributed by atoms with Crippen LogP contribution in [0.4, 0.5) is 13.2 Å². The highest BCUT2D eigenvalue weighted by molar-refractivity contribution is 8.01. The normalized spacial score (nSPS) is 11.8. The number of hydrogen-bond acceptors (Lipinski definition) is 4. The molecule has 2 rings (SSSR count). The summed E-state index contributed by atoms with van der Waals surface area (Å²) in [6.45, 7) is 2.05. The first-order chi connectivity index (χ1) is 9.40. The van der Waals surface area contributed by atoms with Crippen LogP contribution in [0.2, 0.25) is 0 Å². The first-order valence-electron chi connectivity index (χ1n) is 5.90. The summed E-state index contributed by atoms with van der Waals surface area (Å²) in [5.74, 6) is 0. The van der Waals surface area contributed by atoms with Gasteiger partial charge in [-0.2, -0.15) is 13.2 Å². The van der Waals surface area contributed by atoms with Crippen molar-refractivity contribution in [1.29, 1.82) is 0 Å². The molecular weight excluding hydrogens is 305 g/mol. The van der Waals surface area contributed by atoms with Gasteiger partial charge in [-0.25, -0.2) is 4.98 Å². The maximum absolute atomic E-state index is 13.0. The lowest BCUT2D eigenvalue weighted by atomic mass is 10.0. The van der Waals surface area contributed by atoms with Crippen molar-refractivity contribution in [2.24, 2.45) is 5.73 Å². The van der Waals surface area contributed by atoms with Gasteiger partial charge in [0.2, 0.25) is 0 Å². The van der Waals surface area contributed by atoms with Crippen molar-refractivity contribution in [3.63, 3.8) is 0 Å². The molecule has 0 aliphatic carbocycles. The molecule has 0 amide bonds. The van der Waals surface area contributed by atoms with Crippen molar-refractivity contribution >= 4 is 23.1 Å². The van der Waals surface area contributed by atoms with Gasteiger partial charge in [0.05, 0.1) is 5.56 Å². The van der Waals surface area contributed by atoms with Crippen LogP contribution in [0.5, 0.6) is 0 Å². The molecule has 0 unspecified atom stereocenters. The number of hydrogen-bond donors (Lipinski definition) is 1. The summed E-state index contributed by atoms with van der Waals surface area (Å²) in [5, 5.41) is 1.87. The van der Waals surface area contributed by atoms with Gasteiger partial charge in [-0.05, 0) is 37.6 Å². The average molecular weight is 318 g/mol. The van der Waals surface area contributed by atoms with Gasteiger partial charge in [-0.1, -0.05) is 17.8 Å². The topological polar surface area (TPSA) is 38.9 Å². The number of rotatable bonds is 4. The Morgan fingerprint density at radius 1 is 1.35 bits per heavy atom. The van der Waals surface area contributed by atoms with Gasteiger partial charge in [-0.15, -0.1) is 11.3 Å². The SMILES string of the molecule is Cc1csc(Sc2ccc(CCN)c(C(F)(F)F)c2)n1. The molecule has 1 aromatic heterocycles. The van der Waals surface area contributed by atoms with E-state index in [9.17, 15) is 13.2 Å². The average Bonchev–Trinajstić information content (AvgIpc) is 2.76. The lowest BCUT2D eigenvalue weighted by Crippen LogP contribution is -2.12. The van der Waals surface area contributed by atoms with Gasteiger partial charge in [0.25, 0.3) is 0 Å². The second-order valence-electron chi connectivity index (χ2n) is 4.21. The Morgan fingerprint density at radius 3 is 2.65 bits per heavy atom. The second kappa shape index (κ2) is 6.15. The minimum Gasteiger partial charge on any atom is -0.330 e. The van der Waals surface area contributed by atoms with Crippen LogP contribution in [-0.2, 0) is 12.6 Å². The van der Waals surface area contributed by atoms with Crippen LogP contribution in [0.15, 0.2) is 32.8 Å². The fourth-order valence-corrected chi connectivity index (χ4v) is 3.59. The molecular formula is C13H13F3N2S2. The molecule has 1 heterocycles. The van der Waals surface area contributed by atoms with Crippen LogP contribution >= 0.6 is 23.1 Å². The zero-order valence-corrected chi connectivity index (χ0v) is 12.3. The summed E-state index contributed by atoms with van der Waals surface area (Å²) in [6.07, 6.45) is -4.14. The fourth-order valence-electron chi connectivity index (χ4n) is 1.74. The molecule has 2 aromatic rings. The van der Waals surface area contributed by atoms with Crippen molar-refractivity contribution in [3.8, 4) is 0 Å². The van der Waals surface area contributed by atoms with Gasteiger partial charge in [-0.3, -0.25) is 0 Å². The first-order valence-corrected chi connectivity index (χ1v) is 7.60. The quantitative estimate of drug-likeness (QED) is 0.921. The minimum absolute atomic E-state index is 0.196. The third-order valence-electron chi connectivity index (χ3n) is 2.60. The molecule has 108 valence electrons. The molecule has 20 heavy (non-hydrogen) atoms. The molecule has 0 aliphatic heterocycles. The highest BCUT2D eigenvalue weighted by Gasteiger charge is 2.33. The number of aromatic nitrogens is 1. The number of nitrogens with zero attached hydrogens (tertiary/aromatic N) is 1. The van der Waals surface area contributed by atoms with Crippen LogP contribution in [0.3, 0.4) is 0 Å². The lowest BCUT2D eigenvalue weighted by molar-refractivity contribution is -0.138. The Morgan fingerprint density at radius 2 is 2.10 bits per heavy atom. The molecule has 0 saturated heterocycles. The first kappa shape index (κ1) is 15.3. The van der Waals surface area contributed by atoms with Crippen LogP contribution in [0, 0.1) is 6.92 Å². The van der Waals surface area contributed by atoms with E-state index in [1.165, 1.54) is 35.2 Å². The van der Waals surface area contributed by atoms with Crippen LogP contribution < -0.4 is 5.73 Å². The molecule has 1 aromatic carbocycles. The van der Waals surface area contributed by atoms with Crippen molar-refractivity contribution in [2.75, 3.05) is 6.54 Å². The Hall–Kier alpha value is -1.05. The van der Waals surface area contributed by atoms with E-state index in [0.717, 1.165) is 10.0 Å². The Kier molecular flexibility index (Phi) is 4.72. The van der Waals surface area contributed by atoms with E-state index in [2.05, 4.69) is 4.98 Å². The van der Waals surface area contributed by atoms with Crippen LogP contribution in [0.25, 0.3) is 0 Å². The Bertz CT molecular complexity index is 594. The number of alkyl halides is 3. The smallest absolute Gasteiger partial charge is 0.330 e. The molecule has 2 nitrogen and oxygen atoms in total. The summed E-state index contributed by atoms with van der Waals surface area (Å²) < 4.78 is 39.8. The molecule has 0 fully saturated rings. The van der Waals surface area contributed by atoms with E-state index >= 15 is 0 Å². The highest BCUT2D eigenvalue weighted by atomic mass is 32.2. The van der Waals surface area contributed by atoms with Gasteiger partial charge >= 0.3 is 6.18 Å². The third-order valence-corrected chi connectivity index (χ3v) is 4.65. The third kappa shape index (κ3) is 3.74. The number of nitrogens with two attached hydrogens (primary N) is 1. The molecule has 0 atom stereocenters. The van der Waals surface area contributed by atoms with Crippen molar-refractivity contribution in [1.82, 2.24) is 4.98 Å². The predicted molar refractivity (Wildman–Crippen MR) is 75.2 cm³/mol. The summed E-state index contributed by atoms with van der Waals surface area (Å²) in [6, 6.07) is 4.35. The minimum atomic E-state index is -4.36. The van der Waals surface area contributed by atoms with Gasteiger partial charge < -0.3 is 5.73 Å². The summed E-state index contributed by atoms with van der Waals surface area (Å²) >= 11 is 2.66. The fraction of sp³-hybridized carbons (Fsp3) is 0.308. The van der Waals surface area contributed by atoms with Gasteiger partial charge in [0.15, 0.2) is 4.34 Å². The molecule has 0 bridgehead atoms. The highest BCUT2D eigenvalue weighted by Crippen LogP contribution is 2.37. The lowest BCUT2D eigenvalue weighted by Gasteiger charge is -2.13. The second-order valence-corrected chi connectivity index (χ2v) is 6.39. The van der Waals surface area contributed by atoms with Gasteiger partial charge in [0, 0.05) is 16.0 Å². The summed E-state index contributed by atoms with van der Waals surface area (Å²) in [7, 11) is 0. The van der Waals surface area contributed by atoms with Crippen LogP contribution in [-0.4, -0.2) is 11.5 Å². The molecule has 0 saturated carbocycles. The number of thiazole rings is 1. The summed E-state index contributed by atoms with van der Waals surface area (Å²) in [5.41, 5.74) is 5.85. The van der Waals surface area contributed by atoms with E-state index in [0.29, 0.717) is 4.90 Å². The predicted octanol–water partition coefficient (Wildman–Crippen LogP) is 4.12. The largest absolute Gasteiger partial charge is 0.416 e. The van der Waals surface area contributed by atoms with Crippen molar-refractivity contribution in [2.45, 2.75) is 28.8 Å². The van der Waals surface area contributed by atoms with Gasteiger partial charge in [0.1, 0.15) is 0 Å². The van der Waals surface area contributed by atoms with E-state index in [-0.39, 0.29) is 18.5 Å². The van der Waals surface area contributed by atoms with E-state index in [1.807, 2.05) is 12.3 Å². The standard InChI is InChI=1S/C13H13F3N2S2/c1-8-7-19-12(18-8)20-10-3-2-9(4-5-17)11(6-10)13(14,15)16/h2-3,6-7H,4-5,17H2,1H3. The number of aryl methyl sites for hydroxylation is 1. The zero-order chi connectivity index (χ0) is 14.8. The molecule has 0 spiro atoms. The van der Waals surface area contributed by atoms with Crippen molar-refractivity contribution < 1.29 is 13.2 Å². The van der Waals surface area contributed by atoms with Crippen LogP contribution in [0.1, 0.15) is 16.8 Å². The monoisotopic (exact) mass is 318 g/mol. The Balaban J connectivity index is 2.31. The summed E-state index contributed by atoms with van der Waals surface area (Å²) in [4.78, 5) is 4.77. The van der Waals surface area contributed by atoms with E-state index < -0.39 is 11.7 Å². The maximum Gasteiger partial charge on any atom is 0.416 e. The number of halogens is 3. The molecule has 0 aliphatic rings. The van der Waals surface area contributed by atoms with Crippen molar-refractivity contribution in [3.05, 3.63) is 40.4 Å². The molecule has 7 heteroatoms. The zero-order valence-electron chi connectivity index (χ0n) is 10.7. The maximum atomic E-state index is 13.0. The molecule has 2 N–H and O–H groups in total. The Labute approximate surface area is 123 Å². The van der Waals surface area contributed by atoms with E-state index in [4.69, 9.17) is 5.73 Å². The molecule has 0 radical (unpaired) electrons.